The first-order valence-electron chi connectivity index (χ1n) is 7.04. The van der Waals surface area contributed by atoms with Crippen molar-refractivity contribution in [3.8, 4) is 0 Å². The van der Waals surface area contributed by atoms with Crippen molar-refractivity contribution in [2.45, 2.75) is 64.6 Å². The van der Waals surface area contributed by atoms with Gasteiger partial charge in [0.05, 0.1) is 6.10 Å². The molecule has 0 saturated carbocycles. The first kappa shape index (κ1) is 18.2. The molecule has 1 aliphatic rings. The largest absolute Gasteiger partial charge is 0.456 e. The van der Waals surface area contributed by atoms with Gasteiger partial charge in [-0.2, -0.15) is 0 Å². The highest BCUT2D eigenvalue weighted by atomic mass is 16.6. The van der Waals surface area contributed by atoms with Crippen LogP contribution in [0.3, 0.4) is 0 Å². The molecule has 0 radical (unpaired) electrons. The van der Waals surface area contributed by atoms with Crippen LogP contribution in [0.2, 0.25) is 0 Å². The standard InChI is InChI=1S/C15H22O7/c1-6-7-12-14(21-10(4)17)15(22-11(5)18)13(8(2)19-12)20-9(3)16/h6,8,12-15H,1,7H2,2-5H3/t8-,12?,13-,14-,15+/m0/s1. The molecule has 124 valence electrons. The second-order valence-electron chi connectivity index (χ2n) is 5.13. The predicted molar refractivity (Wildman–Crippen MR) is 75.8 cm³/mol. The molecule has 0 N–H and O–H groups in total. The van der Waals surface area contributed by atoms with E-state index in [0.29, 0.717) is 6.42 Å². The van der Waals surface area contributed by atoms with Crippen LogP contribution in [0.1, 0.15) is 34.1 Å². The summed E-state index contributed by atoms with van der Waals surface area (Å²) in [4.78, 5) is 34.0. The van der Waals surface area contributed by atoms with Gasteiger partial charge in [0.1, 0.15) is 6.10 Å². The van der Waals surface area contributed by atoms with Crippen LogP contribution >= 0.6 is 0 Å². The van der Waals surface area contributed by atoms with Crippen molar-refractivity contribution >= 4 is 17.9 Å². The van der Waals surface area contributed by atoms with E-state index in [1.54, 1.807) is 13.0 Å². The van der Waals surface area contributed by atoms with E-state index in [9.17, 15) is 14.4 Å². The molecule has 1 saturated heterocycles. The molecular formula is C15H22O7. The highest BCUT2D eigenvalue weighted by Gasteiger charge is 2.49. The first-order valence-corrected chi connectivity index (χ1v) is 7.04. The Kier molecular flexibility index (Phi) is 6.55. The van der Waals surface area contributed by atoms with E-state index < -0.39 is 48.4 Å². The van der Waals surface area contributed by atoms with E-state index in [-0.39, 0.29) is 0 Å². The van der Waals surface area contributed by atoms with Gasteiger partial charge in [0.25, 0.3) is 0 Å². The van der Waals surface area contributed by atoms with E-state index in [1.165, 1.54) is 20.8 Å². The third-order valence-electron chi connectivity index (χ3n) is 3.17. The van der Waals surface area contributed by atoms with Gasteiger partial charge in [0, 0.05) is 20.8 Å². The maximum absolute atomic E-state index is 11.4. The average molecular weight is 314 g/mol. The Morgan fingerprint density at radius 2 is 1.41 bits per heavy atom. The third-order valence-corrected chi connectivity index (χ3v) is 3.17. The molecule has 0 aromatic heterocycles. The van der Waals surface area contributed by atoms with Crippen molar-refractivity contribution in [2.24, 2.45) is 0 Å². The SMILES string of the molecule is C=CCC1O[C@@H](C)[C@H](OC(C)=O)[C@@H](OC(C)=O)[C@H]1OC(C)=O. The van der Waals surface area contributed by atoms with Crippen molar-refractivity contribution in [1.82, 2.24) is 0 Å². The second kappa shape index (κ2) is 7.93. The molecule has 0 spiro atoms. The molecule has 0 aromatic carbocycles. The summed E-state index contributed by atoms with van der Waals surface area (Å²) >= 11 is 0. The fraction of sp³-hybridized carbons (Fsp3) is 0.667. The number of esters is 3. The van der Waals surface area contributed by atoms with Crippen LogP contribution in [0, 0.1) is 0 Å². The van der Waals surface area contributed by atoms with Crippen LogP contribution in [0.25, 0.3) is 0 Å². The summed E-state index contributed by atoms with van der Waals surface area (Å²) in [7, 11) is 0. The lowest BCUT2D eigenvalue weighted by Gasteiger charge is -2.43. The van der Waals surface area contributed by atoms with E-state index in [1.807, 2.05) is 0 Å². The number of ether oxygens (including phenoxy) is 4. The molecule has 7 nitrogen and oxygen atoms in total. The molecule has 1 rings (SSSR count). The monoisotopic (exact) mass is 314 g/mol. The Balaban J connectivity index is 3.12. The zero-order chi connectivity index (χ0) is 16.9. The Bertz CT molecular complexity index is 445. The van der Waals surface area contributed by atoms with Crippen molar-refractivity contribution < 1.29 is 33.3 Å². The van der Waals surface area contributed by atoms with Gasteiger partial charge in [0.15, 0.2) is 18.3 Å². The molecule has 0 aliphatic carbocycles. The Morgan fingerprint density at radius 3 is 1.86 bits per heavy atom. The second-order valence-corrected chi connectivity index (χ2v) is 5.13. The molecule has 1 fully saturated rings. The summed E-state index contributed by atoms with van der Waals surface area (Å²) in [5.41, 5.74) is 0. The Labute approximate surface area is 129 Å². The van der Waals surface area contributed by atoms with E-state index in [4.69, 9.17) is 18.9 Å². The number of carbonyl (C=O) groups excluding carboxylic acids is 3. The maximum Gasteiger partial charge on any atom is 0.303 e. The molecule has 5 atom stereocenters. The smallest absolute Gasteiger partial charge is 0.303 e. The van der Waals surface area contributed by atoms with Crippen LogP contribution < -0.4 is 0 Å². The molecule has 7 heteroatoms. The Hall–Kier alpha value is -1.89. The van der Waals surface area contributed by atoms with E-state index in [2.05, 4.69) is 6.58 Å². The van der Waals surface area contributed by atoms with E-state index >= 15 is 0 Å². The minimum absolute atomic E-state index is 0.396. The van der Waals surface area contributed by atoms with Gasteiger partial charge in [-0.3, -0.25) is 14.4 Å². The highest BCUT2D eigenvalue weighted by molar-refractivity contribution is 5.68. The molecule has 0 bridgehead atoms. The first-order chi connectivity index (χ1) is 10.3. The van der Waals surface area contributed by atoms with Crippen molar-refractivity contribution in [3.05, 3.63) is 12.7 Å². The Morgan fingerprint density at radius 1 is 0.955 bits per heavy atom. The van der Waals surface area contributed by atoms with E-state index in [0.717, 1.165) is 0 Å². The highest BCUT2D eigenvalue weighted by Crippen LogP contribution is 2.30. The lowest BCUT2D eigenvalue weighted by Crippen LogP contribution is -2.60. The van der Waals surface area contributed by atoms with Gasteiger partial charge in [-0.1, -0.05) is 6.08 Å². The van der Waals surface area contributed by atoms with Crippen LogP contribution in [0.4, 0.5) is 0 Å². The lowest BCUT2D eigenvalue weighted by molar-refractivity contribution is -0.242. The third kappa shape index (κ3) is 4.84. The number of rotatable bonds is 5. The molecule has 1 unspecified atom stereocenters. The average Bonchev–Trinajstić information content (AvgIpc) is 2.37. The van der Waals surface area contributed by atoms with Gasteiger partial charge in [-0.25, -0.2) is 0 Å². The zero-order valence-corrected chi connectivity index (χ0v) is 13.2. The van der Waals surface area contributed by atoms with Crippen LogP contribution in [0.5, 0.6) is 0 Å². The fourth-order valence-corrected chi connectivity index (χ4v) is 2.47. The molecule has 0 amide bonds. The zero-order valence-electron chi connectivity index (χ0n) is 13.2. The van der Waals surface area contributed by atoms with Crippen LogP contribution in [-0.4, -0.2) is 48.4 Å². The minimum atomic E-state index is -0.931. The lowest BCUT2D eigenvalue weighted by atomic mass is 9.93. The van der Waals surface area contributed by atoms with Crippen molar-refractivity contribution in [3.63, 3.8) is 0 Å². The van der Waals surface area contributed by atoms with Gasteiger partial charge in [-0.05, 0) is 13.3 Å². The van der Waals surface area contributed by atoms with Crippen molar-refractivity contribution in [1.29, 1.82) is 0 Å². The molecule has 1 aliphatic heterocycles. The summed E-state index contributed by atoms with van der Waals surface area (Å²) in [6.07, 6.45) is -1.71. The topological polar surface area (TPSA) is 88.1 Å². The van der Waals surface area contributed by atoms with Gasteiger partial charge in [-0.15, -0.1) is 6.58 Å². The summed E-state index contributed by atoms with van der Waals surface area (Å²) in [5, 5.41) is 0. The molecule has 22 heavy (non-hydrogen) atoms. The summed E-state index contributed by atoms with van der Waals surface area (Å²) in [6, 6.07) is 0. The summed E-state index contributed by atoms with van der Waals surface area (Å²) in [6.45, 7) is 9.06. The minimum Gasteiger partial charge on any atom is -0.456 e. The van der Waals surface area contributed by atoms with Crippen LogP contribution in [-0.2, 0) is 33.3 Å². The normalized spacial score (nSPS) is 31.0. The van der Waals surface area contributed by atoms with Gasteiger partial charge < -0.3 is 18.9 Å². The van der Waals surface area contributed by atoms with Gasteiger partial charge >= 0.3 is 17.9 Å². The van der Waals surface area contributed by atoms with Crippen LogP contribution in [0.15, 0.2) is 12.7 Å². The number of hydrogen-bond acceptors (Lipinski definition) is 7. The summed E-state index contributed by atoms with van der Waals surface area (Å²) < 4.78 is 21.5. The van der Waals surface area contributed by atoms with Crippen molar-refractivity contribution in [2.75, 3.05) is 0 Å². The fourth-order valence-electron chi connectivity index (χ4n) is 2.47. The quantitative estimate of drug-likeness (QED) is 0.427. The number of carbonyl (C=O) groups is 3. The molecule has 0 aromatic rings. The summed E-state index contributed by atoms with van der Waals surface area (Å²) in [5.74, 6) is -1.65. The molecular weight excluding hydrogens is 292 g/mol. The predicted octanol–water partition coefficient (Wildman–Crippen LogP) is 1.14. The van der Waals surface area contributed by atoms with Gasteiger partial charge in [0.2, 0.25) is 0 Å². The number of hydrogen-bond donors (Lipinski definition) is 0. The molecule has 1 heterocycles. The maximum atomic E-state index is 11.4.